The van der Waals surface area contributed by atoms with Gasteiger partial charge in [-0.3, -0.25) is 9.78 Å². The molecule has 138 valence electrons. The zero-order chi connectivity index (χ0) is 19.2. The van der Waals surface area contributed by atoms with Gasteiger partial charge in [0, 0.05) is 49.1 Å². The van der Waals surface area contributed by atoms with Crippen LogP contribution in [0.15, 0.2) is 55.1 Å². The van der Waals surface area contributed by atoms with E-state index >= 15 is 0 Å². The molecule has 0 bridgehead atoms. The van der Waals surface area contributed by atoms with Gasteiger partial charge in [0.2, 0.25) is 5.95 Å². The zero-order valence-electron chi connectivity index (χ0n) is 15.2. The van der Waals surface area contributed by atoms with Crippen LogP contribution in [-0.2, 0) is 6.42 Å². The second-order valence-corrected chi connectivity index (χ2v) is 6.57. The minimum absolute atomic E-state index is 0.272. The van der Waals surface area contributed by atoms with Gasteiger partial charge in [-0.25, -0.2) is 9.97 Å². The van der Waals surface area contributed by atoms with Crippen LogP contribution in [0.5, 0.6) is 0 Å². The fourth-order valence-corrected chi connectivity index (χ4v) is 2.69. The van der Waals surface area contributed by atoms with Gasteiger partial charge in [-0.2, -0.15) is 0 Å². The third-order valence-electron chi connectivity index (χ3n) is 4.24. The highest BCUT2D eigenvalue weighted by molar-refractivity contribution is 6.31. The number of carbonyl (C=O) groups is 1. The molecular weight excluding hydrogens is 362 g/mol. The SMILES string of the molecule is Cc1c(Cl)cccc1NC(=O)c1cnc(N(C)CCc2ccncc2)nc1. The minimum atomic E-state index is -0.272. The molecule has 7 heteroatoms. The molecule has 0 unspecified atom stereocenters. The fraction of sp³-hybridized carbons (Fsp3) is 0.200. The Morgan fingerprint density at radius 3 is 2.56 bits per heavy atom. The van der Waals surface area contributed by atoms with Crippen LogP contribution in [0.4, 0.5) is 11.6 Å². The van der Waals surface area contributed by atoms with E-state index in [1.54, 1.807) is 30.6 Å². The lowest BCUT2D eigenvalue weighted by atomic mass is 10.2. The second-order valence-electron chi connectivity index (χ2n) is 6.17. The first-order valence-corrected chi connectivity index (χ1v) is 8.91. The number of anilines is 2. The standard InChI is InChI=1S/C20H20ClN5O/c1-14-17(21)4-3-5-18(14)25-19(27)16-12-23-20(24-13-16)26(2)11-8-15-6-9-22-10-7-15/h3-7,9-10,12-13H,8,11H2,1-2H3,(H,25,27). The summed E-state index contributed by atoms with van der Waals surface area (Å²) in [4.78, 5) is 27.0. The van der Waals surface area contributed by atoms with Crippen molar-refractivity contribution in [1.29, 1.82) is 0 Å². The largest absolute Gasteiger partial charge is 0.344 e. The lowest BCUT2D eigenvalue weighted by molar-refractivity contribution is 0.102. The van der Waals surface area contributed by atoms with E-state index in [0.717, 1.165) is 18.5 Å². The molecule has 27 heavy (non-hydrogen) atoms. The van der Waals surface area contributed by atoms with Gasteiger partial charge in [-0.1, -0.05) is 17.7 Å². The van der Waals surface area contributed by atoms with Gasteiger partial charge in [0.15, 0.2) is 0 Å². The van der Waals surface area contributed by atoms with Crippen LogP contribution in [0.3, 0.4) is 0 Å². The molecule has 0 aliphatic rings. The Bertz CT molecular complexity index is 915. The number of benzene rings is 1. The molecule has 0 saturated heterocycles. The second kappa shape index (κ2) is 8.60. The molecule has 2 heterocycles. The first-order chi connectivity index (χ1) is 13.0. The van der Waals surface area contributed by atoms with Crippen molar-refractivity contribution >= 4 is 29.1 Å². The summed E-state index contributed by atoms with van der Waals surface area (Å²) < 4.78 is 0. The van der Waals surface area contributed by atoms with Gasteiger partial charge in [0.05, 0.1) is 5.56 Å². The number of likely N-dealkylation sites (N-methyl/N-ethyl adjacent to an activating group) is 1. The number of hydrogen-bond acceptors (Lipinski definition) is 5. The van der Waals surface area contributed by atoms with E-state index in [9.17, 15) is 4.79 Å². The van der Waals surface area contributed by atoms with Crippen LogP contribution in [0.25, 0.3) is 0 Å². The number of nitrogens with one attached hydrogen (secondary N) is 1. The Morgan fingerprint density at radius 1 is 1.15 bits per heavy atom. The summed E-state index contributed by atoms with van der Waals surface area (Å²) in [5.74, 6) is 0.297. The van der Waals surface area contributed by atoms with Crippen molar-refractivity contribution in [3.8, 4) is 0 Å². The molecule has 3 rings (SSSR count). The first kappa shape index (κ1) is 18.8. The van der Waals surface area contributed by atoms with Crippen LogP contribution >= 0.6 is 11.6 Å². The average Bonchev–Trinajstić information content (AvgIpc) is 2.70. The number of nitrogens with zero attached hydrogens (tertiary/aromatic N) is 4. The maximum absolute atomic E-state index is 12.4. The van der Waals surface area contributed by atoms with Crippen molar-refractivity contribution in [3.63, 3.8) is 0 Å². The van der Waals surface area contributed by atoms with E-state index in [-0.39, 0.29) is 5.91 Å². The van der Waals surface area contributed by atoms with Gasteiger partial charge >= 0.3 is 0 Å². The summed E-state index contributed by atoms with van der Waals surface area (Å²) in [5.41, 5.74) is 3.08. The van der Waals surface area contributed by atoms with Crippen molar-refractivity contribution < 1.29 is 4.79 Å². The van der Waals surface area contributed by atoms with Crippen LogP contribution in [0, 0.1) is 6.92 Å². The van der Waals surface area contributed by atoms with Crippen molar-refractivity contribution in [2.24, 2.45) is 0 Å². The van der Waals surface area contributed by atoms with Gasteiger partial charge in [-0.15, -0.1) is 0 Å². The van der Waals surface area contributed by atoms with E-state index in [1.165, 1.54) is 18.0 Å². The van der Waals surface area contributed by atoms with E-state index in [1.807, 2.05) is 31.0 Å². The normalized spacial score (nSPS) is 10.5. The van der Waals surface area contributed by atoms with Gasteiger partial charge < -0.3 is 10.2 Å². The Kier molecular flexibility index (Phi) is 5.98. The molecule has 3 aromatic rings. The Morgan fingerprint density at radius 2 is 1.85 bits per heavy atom. The highest BCUT2D eigenvalue weighted by atomic mass is 35.5. The van der Waals surface area contributed by atoms with Crippen LogP contribution < -0.4 is 10.2 Å². The molecule has 2 aromatic heterocycles. The van der Waals surface area contributed by atoms with Crippen molar-refractivity contribution in [2.75, 3.05) is 23.8 Å². The number of aromatic nitrogens is 3. The third kappa shape index (κ3) is 4.80. The van der Waals surface area contributed by atoms with Crippen molar-refractivity contribution in [1.82, 2.24) is 15.0 Å². The third-order valence-corrected chi connectivity index (χ3v) is 4.65. The highest BCUT2D eigenvalue weighted by Crippen LogP contribution is 2.23. The number of carbonyl (C=O) groups excluding carboxylic acids is 1. The predicted molar refractivity (Wildman–Crippen MR) is 107 cm³/mol. The molecule has 0 radical (unpaired) electrons. The molecule has 0 saturated carbocycles. The first-order valence-electron chi connectivity index (χ1n) is 8.53. The molecule has 0 aliphatic heterocycles. The van der Waals surface area contributed by atoms with Crippen LogP contribution in [0.2, 0.25) is 5.02 Å². The summed E-state index contributed by atoms with van der Waals surface area (Å²) in [5, 5.41) is 3.45. The molecule has 6 nitrogen and oxygen atoms in total. The summed E-state index contributed by atoms with van der Waals surface area (Å²) in [6, 6.07) is 9.36. The molecule has 0 spiro atoms. The molecule has 1 amide bonds. The lowest BCUT2D eigenvalue weighted by Gasteiger charge is -2.17. The van der Waals surface area contributed by atoms with Crippen LogP contribution in [-0.4, -0.2) is 34.5 Å². The Hall–Kier alpha value is -2.99. The van der Waals surface area contributed by atoms with Gasteiger partial charge in [0.25, 0.3) is 5.91 Å². The predicted octanol–water partition coefficient (Wildman–Crippen LogP) is 3.76. The summed E-state index contributed by atoms with van der Waals surface area (Å²) in [6.45, 7) is 2.62. The maximum Gasteiger partial charge on any atom is 0.258 e. The smallest absolute Gasteiger partial charge is 0.258 e. The monoisotopic (exact) mass is 381 g/mol. The lowest BCUT2D eigenvalue weighted by Crippen LogP contribution is -2.23. The summed E-state index contributed by atoms with van der Waals surface area (Å²) in [7, 11) is 1.92. The number of rotatable bonds is 6. The fourth-order valence-electron chi connectivity index (χ4n) is 2.52. The number of hydrogen-bond donors (Lipinski definition) is 1. The zero-order valence-corrected chi connectivity index (χ0v) is 15.9. The minimum Gasteiger partial charge on any atom is -0.344 e. The molecule has 0 fully saturated rings. The average molecular weight is 382 g/mol. The van der Waals surface area contributed by atoms with Gasteiger partial charge in [-0.05, 0) is 48.7 Å². The summed E-state index contributed by atoms with van der Waals surface area (Å²) in [6.07, 6.45) is 7.47. The molecular formula is C20H20ClN5O. The Labute approximate surface area is 163 Å². The van der Waals surface area contributed by atoms with E-state index in [0.29, 0.717) is 22.2 Å². The number of pyridine rings is 1. The number of halogens is 1. The van der Waals surface area contributed by atoms with E-state index < -0.39 is 0 Å². The summed E-state index contributed by atoms with van der Waals surface area (Å²) >= 11 is 6.09. The topological polar surface area (TPSA) is 71.0 Å². The number of amides is 1. The molecule has 1 aromatic carbocycles. The van der Waals surface area contributed by atoms with Crippen LogP contribution in [0.1, 0.15) is 21.5 Å². The van der Waals surface area contributed by atoms with Crippen molar-refractivity contribution in [3.05, 3.63) is 76.8 Å². The quantitative estimate of drug-likeness (QED) is 0.703. The Balaban J connectivity index is 1.62. The molecule has 1 N–H and O–H groups in total. The van der Waals surface area contributed by atoms with Crippen molar-refractivity contribution in [2.45, 2.75) is 13.3 Å². The van der Waals surface area contributed by atoms with E-state index in [2.05, 4.69) is 20.3 Å². The molecule has 0 aliphatic carbocycles. The van der Waals surface area contributed by atoms with E-state index in [4.69, 9.17) is 11.6 Å². The highest BCUT2D eigenvalue weighted by Gasteiger charge is 2.11. The molecule has 0 atom stereocenters. The van der Waals surface area contributed by atoms with Gasteiger partial charge in [0.1, 0.15) is 0 Å². The maximum atomic E-state index is 12.4.